The third-order valence-electron chi connectivity index (χ3n) is 3.41. The van der Waals surface area contributed by atoms with E-state index in [0.717, 1.165) is 61.7 Å². The average Bonchev–Trinajstić information content (AvgIpc) is 3.23. The Kier molecular flexibility index (Phi) is 5.59. The number of hydrogen-bond donors (Lipinski definition) is 2. The van der Waals surface area contributed by atoms with E-state index in [0.29, 0.717) is 0 Å². The third-order valence-corrected chi connectivity index (χ3v) is 3.41. The zero-order chi connectivity index (χ0) is 14.4. The highest BCUT2D eigenvalue weighted by Crippen LogP contribution is 2.28. The molecule has 0 aliphatic heterocycles. The van der Waals surface area contributed by atoms with E-state index >= 15 is 0 Å². The van der Waals surface area contributed by atoms with Crippen molar-refractivity contribution in [3.63, 3.8) is 0 Å². The molecule has 1 aliphatic rings. The average molecular weight is 278 g/mol. The van der Waals surface area contributed by atoms with E-state index in [9.17, 15) is 0 Å². The normalized spacial score (nSPS) is 14.3. The van der Waals surface area contributed by atoms with Gasteiger partial charge in [0, 0.05) is 31.9 Å². The SMILES string of the molecule is CCNc1nc(C)nc(NCCCOCC2CC2)c1C. The van der Waals surface area contributed by atoms with Crippen molar-refractivity contribution >= 4 is 11.6 Å². The first kappa shape index (κ1) is 15.0. The summed E-state index contributed by atoms with van der Waals surface area (Å²) < 4.78 is 5.63. The van der Waals surface area contributed by atoms with Gasteiger partial charge in [0.2, 0.25) is 0 Å². The van der Waals surface area contributed by atoms with Crippen LogP contribution in [0.2, 0.25) is 0 Å². The molecule has 5 heteroatoms. The van der Waals surface area contributed by atoms with Gasteiger partial charge in [0.25, 0.3) is 0 Å². The highest BCUT2D eigenvalue weighted by molar-refractivity contribution is 5.57. The maximum absolute atomic E-state index is 5.63. The molecule has 0 amide bonds. The number of nitrogens with one attached hydrogen (secondary N) is 2. The van der Waals surface area contributed by atoms with Gasteiger partial charge in [0.05, 0.1) is 0 Å². The second-order valence-electron chi connectivity index (χ2n) is 5.42. The molecule has 0 radical (unpaired) electrons. The molecule has 20 heavy (non-hydrogen) atoms. The second-order valence-corrected chi connectivity index (χ2v) is 5.42. The van der Waals surface area contributed by atoms with Crippen molar-refractivity contribution in [2.24, 2.45) is 5.92 Å². The van der Waals surface area contributed by atoms with Gasteiger partial charge in [-0.25, -0.2) is 9.97 Å². The van der Waals surface area contributed by atoms with Gasteiger partial charge < -0.3 is 15.4 Å². The minimum Gasteiger partial charge on any atom is -0.381 e. The predicted octanol–water partition coefficient (Wildman–Crippen LogP) is 2.75. The Balaban J connectivity index is 1.75. The van der Waals surface area contributed by atoms with Crippen molar-refractivity contribution in [1.82, 2.24) is 9.97 Å². The van der Waals surface area contributed by atoms with Crippen LogP contribution in [0.15, 0.2) is 0 Å². The molecule has 0 saturated heterocycles. The standard InChI is InChI=1S/C15H26N4O/c1-4-16-14-11(2)15(19-12(3)18-14)17-8-5-9-20-10-13-6-7-13/h13H,4-10H2,1-3H3,(H2,16,17,18,19). The van der Waals surface area contributed by atoms with Crippen LogP contribution in [0.5, 0.6) is 0 Å². The van der Waals surface area contributed by atoms with Crippen molar-refractivity contribution in [3.05, 3.63) is 11.4 Å². The summed E-state index contributed by atoms with van der Waals surface area (Å²) in [5.41, 5.74) is 1.08. The minimum atomic E-state index is 0.791. The smallest absolute Gasteiger partial charge is 0.134 e. The van der Waals surface area contributed by atoms with Crippen LogP contribution in [-0.4, -0.2) is 36.3 Å². The van der Waals surface area contributed by atoms with Gasteiger partial charge in [0.1, 0.15) is 17.5 Å². The predicted molar refractivity (Wildman–Crippen MR) is 82.3 cm³/mol. The molecule has 5 nitrogen and oxygen atoms in total. The molecule has 1 fully saturated rings. The van der Waals surface area contributed by atoms with Crippen molar-refractivity contribution in [3.8, 4) is 0 Å². The van der Waals surface area contributed by atoms with Crippen LogP contribution >= 0.6 is 0 Å². The Bertz CT molecular complexity index is 432. The summed E-state index contributed by atoms with van der Waals surface area (Å²) in [7, 11) is 0. The van der Waals surface area contributed by atoms with E-state index in [-0.39, 0.29) is 0 Å². The molecule has 0 spiro atoms. The van der Waals surface area contributed by atoms with Crippen LogP contribution < -0.4 is 10.6 Å². The summed E-state index contributed by atoms with van der Waals surface area (Å²) in [5.74, 6) is 3.49. The number of nitrogens with zero attached hydrogens (tertiary/aromatic N) is 2. The topological polar surface area (TPSA) is 59.1 Å². The number of anilines is 2. The molecule has 0 bridgehead atoms. The second kappa shape index (κ2) is 7.43. The number of ether oxygens (including phenoxy) is 1. The lowest BCUT2D eigenvalue weighted by Gasteiger charge is -2.13. The highest BCUT2D eigenvalue weighted by atomic mass is 16.5. The van der Waals surface area contributed by atoms with E-state index in [2.05, 4.69) is 27.5 Å². The van der Waals surface area contributed by atoms with E-state index in [1.165, 1.54) is 12.8 Å². The van der Waals surface area contributed by atoms with Gasteiger partial charge in [-0.15, -0.1) is 0 Å². The first-order valence-electron chi connectivity index (χ1n) is 7.61. The van der Waals surface area contributed by atoms with E-state index < -0.39 is 0 Å². The first-order valence-corrected chi connectivity index (χ1v) is 7.61. The minimum absolute atomic E-state index is 0.791. The van der Waals surface area contributed by atoms with Crippen LogP contribution in [0.3, 0.4) is 0 Å². The maximum atomic E-state index is 5.63. The molecule has 0 aromatic carbocycles. The number of hydrogen-bond acceptors (Lipinski definition) is 5. The van der Waals surface area contributed by atoms with Gasteiger partial charge in [-0.05, 0) is 46.0 Å². The molecule has 2 rings (SSSR count). The summed E-state index contributed by atoms with van der Waals surface area (Å²) in [4.78, 5) is 8.89. The van der Waals surface area contributed by atoms with Crippen LogP contribution in [-0.2, 0) is 4.74 Å². The lowest BCUT2D eigenvalue weighted by Crippen LogP contribution is -2.12. The zero-order valence-corrected chi connectivity index (χ0v) is 12.8. The molecule has 1 aliphatic carbocycles. The summed E-state index contributed by atoms with van der Waals surface area (Å²) in [6.45, 7) is 9.55. The summed E-state index contributed by atoms with van der Waals surface area (Å²) in [5, 5.41) is 6.66. The fourth-order valence-electron chi connectivity index (χ4n) is 2.06. The Morgan fingerprint density at radius 1 is 1.15 bits per heavy atom. The Labute approximate surface area is 121 Å². The zero-order valence-electron chi connectivity index (χ0n) is 12.8. The van der Waals surface area contributed by atoms with Crippen LogP contribution in [0.1, 0.15) is 37.6 Å². The van der Waals surface area contributed by atoms with Crippen molar-refractivity contribution in [2.45, 2.75) is 40.0 Å². The molecule has 2 N–H and O–H groups in total. The molecular weight excluding hydrogens is 252 g/mol. The highest BCUT2D eigenvalue weighted by Gasteiger charge is 2.20. The van der Waals surface area contributed by atoms with Crippen LogP contribution in [0.25, 0.3) is 0 Å². The summed E-state index contributed by atoms with van der Waals surface area (Å²) in [6.07, 6.45) is 3.71. The molecular formula is C15H26N4O. The summed E-state index contributed by atoms with van der Waals surface area (Å²) >= 11 is 0. The Hall–Kier alpha value is -1.36. The molecule has 1 aromatic rings. The van der Waals surface area contributed by atoms with Gasteiger partial charge in [-0.3, -0.25) is 0 Å². The van der Waals surface area contributed by atoms with Gasteiger partial charge in [0.15, 0.2) is 0 Å². The molecule has 0 atom stereocenters. The van der Waals surface area contributed by atoms with Gasteiger partial charge in [-0.2, -0.15) is 0 Å². The molecule has 112 valence electrons. The summed E-state index contributed by atoms with van der Waals surface area (Å²) in [6, 6.07) is 0. The number of rotatable bonds is 9. The fraction of sp³-hybridized carbons (Fsp3) is 0.733. The van der Waals surface area contributed by atoms with Crippen molar-refractivity contribution in [1.29, 1.82) is 0 Å². The van der Waals surface area contributed by atoms with Crippen LogP contribution in [0.4, 0.5) is 11.6 Å². The van der Waals surface area contributed by atoms with E-state index in [1.807, 2.05) is 13.8 Å². The monoisotopic (exact) mass is 278 g/mol. The quantitative estimate of drug-likeness (QED) is 0.680. The van der Waals surface area contributed by atoms with E-state index in [4.69, 9.17) is 4.74 Å². The van der Waals surface area contributed by atoms with Crippen molar-refractivity contribution < 1.29 is 4.74 Å². The number of aromatic nitrogens is 2. The molecule has 0 unspecified atom stereocenters. The lowest BCUT2D eigenvalue weighted by atomic mass is 10.3. The van der Waals surface area contributed by atoms with Gasteiger partial charge in [-0.1, -0.05) is 0 Å². The molecule has 1 saturated carbocycles. The number of aryl methyl sites for hydroxylation is 1. The van der Waals surface area contributed by atoms with Gasteiger partial charge >= 0.3 is 0 Å². The lowest BCUT2D eigenvalue weighted by molar-refractivity contribution is 0.124. The molecule has 1 aromatic heterocycles. The third kappa shape index (κ3) is 4.63. The first-order chi connectivity index (χ1) is 9.70. The van der Waals surface area contributed by atoms with Crippen molar-refractivity contribution in [2.75, 3.05) is 36.9 Å². The Morgan fingerprint density at radius 3 is 2.50 bits per heavy atom. The largest absolute Gasteiger partial charge is 0.381 e. The Morgan fingerprint density at radius 2 is 1.85 bits per heavy atom. The van der Waals surface area contributed by atoms with Crippen LogP contribution in [0, 0.1) is 19.8 Å². The maximum Gasteiger partial charge on any atom is 0.134 e. The fourth-order valence-corrected chi connectivity index (χ4v) is 2.06. The molecule has 1 heterocycles. The van der Waals surface area contributed by atoms with E-state index in [1.54, 1.807) is 0 Å².